The number of amides is 2. The molecule has 1 N–H and O–H groups in total. The highest BCUT2D eigenvalue weighted by molar-refractivity contribution is 7.94. The summed E-state index contributed by atoms with van der Waals surface area (Å²) in [6.45, 7) is 1.49. The Morgan fingerprint density at radius 2 is 1.95 bits per heavy atom. The largest absolute Gasteiger partial charge is 0.342 e. The number of Topliss-reactive ketones (excluding diaryl/α,β-unsaturated/α-hetero) is 1. The highest BCUT2D eigenvalue weighted by Crippen LogP contribution is 2.34. The fourth-order valence-corrected chi connectivity index (χ4v) is 8.09. The third-order valence-corrected chi connectivity index (χ3v) is 10.6. The second-order valence-electron chi connectivity index (χ2n) is 8.55. The van der Waals surface area contributed by atoms with E-state index in [1.54, 1.807) is 0 Å². The van der Waals surface area contributed by atoms with Crippen molar-refractivity contribution in [1.29, 1.82) is 0 Å². The molecule has 38 heavy (non-hydrogen) atoms. The molecule has 0 bridgehead atoms. The molecule has 5 rings (SSSR count). The van der Waals surface area contributed by atoms with Crippen molar-refractivity contribution in [3.63, 3.8) is 0 Å². The summed E-state index contributed by atoms with van der Waals surface area (Å²) in [6.07, 6.45) is 0.878. The van der Waals surface area contributed by atoms with Crippen LogP contribution in [-0.2, 0) is 42.3 Å². The summed E-state index contributed by atoms with van der Waals surface area (Å²) in [6, 6.07) is 8.25. The van der Waals surface area contributed by atoms with Gasteiger partial charge in [-0.1, -0.05) is 17.7 Å². The Morgan fingerprint density at radius 1 is 1.18 bits per heavy atom. The van der Waals surface area contributed by atoms with E-state index in [2.05, 4.69) is 14.7 Å². The number of fused-ring (bicyclic) bond motifs is 2. The van der Waals surface area contributed by atoms with E-state index < -0.39 is 43.2 Å². The molecule has 0 spiro atoms. The fourth-order valence-electron chi connectivity index (χ4n) is 4.12. The number of rotatable bonds is 6. The molecule has 4 heterocycles. The molecule has 0 saturated carbocycles. The summed E-state index contributed by atoms with van der Waals surface area (Å²) in [4.78, 5) is 43.3. The summed E-state index contributed by atoms with van der Waals surface area (Å²) in [5.41, 5.74) is 1.02. The minimum atomic E-state index is -4.02. The van der Waals surface area contributed by atoms with Gasteiger partial charge < -0.3 is 5.32 Å². The van der Waals surface area contributed by atoms with Gasteiger partial charge in [-0.2, -0.15) is 8.42 Å². The van der Waals surface area contributed by atoms with Gasteiger partial charge in [-0.25, -0.2) is 18.3 Å². The van der Waals surface area contributed by atoms with Gasteiger partial charge in [0.05, 0.1) is 16.4 Å². The first-order valence-corrected chi connectivity index (χ1v) is 15.2. The molecule has 0 atom stereocenters. The predicted molar refractivity (Wildman–Crippen MR) is 140 cm³/mol. The Balaban J connectivity index is 1.35. The molecule has 0 saturated heterocycles. The van der Waals surface area contributed by atoms with Crippen LogP contribution in [0, 0.1) is 0 Å². The van der Waals surface area contributed by atoms with Crippen LogP contribution >= 0.6 is 22.9 Å². The van der Waals surface area contributed by atoms with Crippen LogP contribution < -0.4 is 10.2 Å². The Bertz CT molecular complexity index is 1780. The van der Waals surface area contributed by atoms with Crippen molar-refractivity contribution < 1.29 is 31.2 Å². The summed E-state index contributed by atoms with van der Waals surface area (Å²) in [7, 11) is -7.85. The average molecular weight is 593 g/mol. The number of hydrogen-bond acceptors (Lipinski definition) is 10. The number of aromatic nitrogens is 1. The van der Waals surface area contributed by atoms with Crippen LogP contribution in [0.4, 0.5) is 11.5 Å². The number of amidine groups is 1. The van der Waals surface area contributed by atoms with Crippen LogP contribution in [-0.4, -0.2) is 51.0 Å². The van der Waals surface area contributed by atoms with Gasteiger partial charge in [0.2, 0.25) is 5.91 Å². The zero-order chi connectivity index (χ0) is 27.4. The van der Waals surface area contributed by atoms with Crippen molar-refractivity contribution in [1.82, 2.24) is 4.98 Å². The van der Waals surface area contributed by atoms with Gasteiger partial charge in [0, 0.05) is 18.2 Å². The van der Waals surface area contributed by atoms with Gasteiger partial charge in [0.15, 0.2) is 15.6 Å². The van der Waals surface area contributed by atoms with Gasteiger partial charge in [-0.15, -0.1) is 15.7 Å². The van der Waals surface area contributed by atoms with Crippen LogP contribution in [0.2, 0.25) is 4.34 Å². The Labute approximate surface area is 226 Å². The molecule has 0 unspecified atom stereocenters. The molecule has 2 aliphatic heterocycles. The highest BCUT2D eigenvalue weighted by Gasteiger charge is 2.36. The molecule has 1 aromatic carbocycles. The standard InChI is InChI=1S/C23H17ClN4O7S3/c1-12-26-17-7-14-8-21(30)28(23(31)16(14)9-18(17)38(34,35)27-12)20-4-2-13(10-25-20)6-15(29)11-37(32,33)22-5-3-19(24)36-22/h2-5,7,9-10H,6,8,11H2,1H3,(H,26,27). The van der Waals surface area contributed by atoms with E-state index in [0.717, 1.165) is 16.2 Å². The Kier molecular flexibility index (Phi) is 6.46. The number of carbonyl (C=O) groups excluding carboxylic acids is 3. The third-order valence-electron chi connectivity index (χ3n) is 5.73. The molecule has 0 radical (unpaired) electrons. The number of halogens is 1. The molecule has 0 aliphatic carbocycles. The maximum Gasteiger partial charge on any atom is 0.286 e. The zero-order valence-electron chi connectivity index (χ0n) is 19.5. The van der Waals surface area contributed by atoms with Crippen molar-refractivity contribution in [2.24, 2.45) is 4.40 Å². The molecule has 2 aliphatic rings. The first-order chi connectivity index (χ1) is 17.8. The van der Waals surface area contributed by atoms with E-state index in [4.69, 9.17) is 11.6 Å². The third kappa shape index (κ3) is 4.87. The lowest BCUT2D eigenvalue weighted by atomic mass is 9.97. The maximum absolute atomic E-state index is 13.2. The number of sulfone groups is 1. The van der Waals surface area contributed by atoms with Gasteiger partial charge in [0.1, 0.15) is 26.5 Å². The topological polar surface area (TPSA) is 160 Å². The number of benzene rings is 1. The molecule has 2 aromatic heterocycles. The van der Waals surface area contributed by atoms with E-state index in [9.17, 15) is 31.2 Å². The summed E-state index contributed by atoms with van der Waals surface area (Å²) in [5.74, 6) is -2.45. The number of pyridine rings is 1. The average Bonchev–Trinajstić information content (AvgIpc) is 3.26. The van der Waals surface area contributed by atoms with Gasteiger partial charge in [0.25, 0.3) is 15.9 Å². The van der Waals surface area contributed by atoms with Crippen molar-refractivity contribution in [2.75, 3.05) is 16.0 Å². The van der Waals surface area contributed by atoms with Crippen molar-refractivity contribution in [3.8, 4) is 0 Å². The second-order valence-corrected chi connectivity index (χ2v) is 14.1. The highest BCUT2D eigenvalue weighted by atomic mass is 35.5. The summed E-state index contributed by atoms with van der Waals surface area (Å²) >= 11 is 6.65. The van der Waals surface area contributed by atoms with Crippen LogP contribution in [0.5, 0.6) is 0 Å². The number of thiophene rings is 1. The van der Waals surface area contributed by atoms with Crippen molar-refractivity contribution in [3.05, 3.63) is 63.6 Å². The summed E-state index contributed by atoms with van der Waals surface area (Å²) in [5, 5.41) is 2.84. The second kappa shape index (κ2) is 9.38. The first kappa shape index (κ1) is 26.2. The smallest absolute Gasteiger partial charge is 0.286 e. The number of carbonyl (C=O) groups is 3. The van der Waals surface area contributed by atoms with Crippen LogP contribution in [0.25, 0.3) is 0 Å². The first-order valence-electron chi connectivity index (χ1n) is 10.9. The predicted octanol–water partition coefficient (Wildman–Crippen LogP) is 2.64. The lowest BCUT2D eigenvalue weighted by Crippen LogP contribution is -2.43. The Morgan fingerprint density at radius 3 is 2.61 bits per heavy atom. The monoisotopic (exact) mass is 592 g/mol. The van der Waals surface area contributed by atoms with Gasteiger partial charge in [-0.05, 0) is 48.4 Å². The lowest BCUT2D eigenvalue weighted by molar-refractivity contribution is -0.118. The molecular weight excluding hydrogens is 576 g/mol. The van der Waals surface area contributed by atoms with E-state index in [-0.39, 0.29) is 44.9 Å². The number of sulfonamides is 1. The van der Waals surface area contributed by atoms with Gasteiger partial charge in [-0.3, -0.25) is 14.4 Å². The number of anilines is 2. The number of ketones is 1. The van der Waals surface area contributed by atoms with E-state index in [1.165, 1.54) is 49.5 Å². The normalized spacial score (nSPS) is 16.4. The number of imide groups is 1. The van der Waals surface area contributed by atoms with Gasteiger partial charge >= 0.3 is 0 Å². The van der Waals surface area contributed by atoms with Crippen LogP contribution in [0.1, 0.15) is 28.4 Å². The molecular formula is C23H17ClN4O7S3. The van der Waals surface area contributed by atoms with Crippen LogP contribution in [0.15, 0.2) is 56.1 Å². The van der Waals surface area contributed by atoms with E-state index in [0.29, 0.717) is 15.5 Å². The molecule has 3 aromatic rings. The van der Waals surface area contributed by atoms with Crippen LogP contribution in [0.3, 0.4) is 0 Å². The number of nitrogens with zero attached hydrogens (tertiary/aromatic N) is 3. The molecule has 0 fully saturated rings. The lowest BCUT2D eigenvalue weighted by Gasteiger charge is -2.28. The minimum Gasteiger partial charge on any atom is -0.342 e. The van der Waals surface area contributed by atoms with Crippen molar-refractivity contribution >= 4 is 77.7 Å². The number of hydrogen-bond donors (Lipinski definition) is 1. The molecule has 2 amide bonds. The SMILES string of the molecule is CC1=NS(=O)(=O)c2cc3c(cc2N1)CC(=O)N(c1ccc(CC(=O)CS(=O)(=O)c2ccc(Cl)s2)cn1)C3=O. The minimum absolute atomic E-state index is 0.00138. The van der Waals surface area contributed by atoms with Crippen molar-refractivity contribution in [2.45, 2.75) is 28.9 Å². The Hall–Kier alpha value is -3.46. The molecule has 196 valence electrons. The fraction of sp³-hybridized carbons (Fsp3) is 0.174. The maximum atomic E-state index is 13.2. The van der Waals surface area contributed by atoms with E-state index in [1.807, 2.05) is 0 Å². The van der Waals surface area contributed by atoms with E-state index >= 15 is 0 Å². The zero-order valence-corrected chi connectivity index (χ0v) is 22.7. The summed E-state index contributed by atoms with van der Waals surface area (Å²) < 4.78 is 53.7. The number of nitrogens with one attached hydrogen (secondary N) is 1. The molecule has 15 heteroatoms. The quantitative estimate of drug-likeness (QED) is 0.424. The molecule has 11 nitrogen and oxygen atoms in total.